The van der Waals surface area contributed by atoms with Gasteiger partial charge in [0.05, 0.1) is 6.04 Å². The highest BCUT2D eigenvalue weighted by atomic mass is 16.2. The first-order valence-electron chi connectivity index (χ1n) is 8.69. The molecule has 3 fully saturated rings. The number of nitrogens with zero attached hydrogens (tertiary/aromatic N) is 3. The third kappa shape index (κ3) is 3.58. The van der Waals surface area contributed by atoms with E-state index in [0.717, 1.165) is 58.7 Å². The maximum Gasteiger partial charge on any atom is 0.239 e. The van der Waals surface area contributed by atoms with Crippen molar-refractivity contribution in [1.29, 1.82) is 0 Å². The van der Waals surface area contributed by atoms with Gasteiger partial charge in [-0.2, -0.15) is 0 Å². The van der Waals surface area contributed by atoms with E-state index in [-0.39, 0.29) is 6.04 Å². The molecule has 3 rings (SSSR count). The average molecular weight is 294 g/mol. The number of nitrogens with one attached hydrogen (secondary N) is 1. The summed E-state index contributed by atoms with van der Waals surface area (Å²) < 4.78 is 0. The second-order valence-electron chi connectivity index (χ2n) is 6.86. The summed E-state index contributed by atoms with van der Waals surface area (Å²) in [6.45, 7) is 7.33. The molecule has 0 radical (unpaired) electrons. The summed E-state index contributed by atoms with van der Waals surface area (Å²) in [5.74, 6) is 0.404. The molecule has 1 atom stereocenters. The van der Waals surface area contributed by atoms with Gasteiger partial charge in [-0.05, 0) is 65.3 Å². The van der Waals surface area contributed by atoms with Crippen LogP contribution in [0, 0.1) is 0 Å². The molecule has 3 aliphatic heterocycles. The third-order valence-electron chi connectivity index (χ3n) is 5.39. The fraction of sp³-hybridized carbons (Fsp3) is 0.938. The van der Waals surface area contributed by atoms with Crippen LogP contribution in [0.2, 0.25) is 0 Å². The normalized spacial score (nSPS) is 30.5. The molecule has 5 nitrogen and oxygen atoms in total. The molecular formula is C16H30N4O. The van der Waals surface area contributed by atoms with Crippen LogP contribution < -0.4 is 5.32 Å². The molecule has 0 spiro atoms. The van der Waals surface area contributed by atoms with Crippen LogP contribution in [0.4, 0.5) is 0 Å². The molecule has 0 saturated carbocycles. The molecular weight excluding hydrogens is 264 g/mol. The largest absolute Gasteiger partial charge is 0.340 e. The van der Waals surface area contributed by atoms with Crippen LogP contribution >= 0.6 is 0 Å². The molecule has 0 aliphatic carbocycles. The van der Waals surface area contributed by atoms with Gasteiger partial charge < -0.3 is 15.1 Å². The van der Waals surface area contributed by atoms with E-state index < -0.39 is 0 Å². The van der Waals surface area contributed by atoms with Crippen LogP contribution in [0.25, 0.3) is 0 Å². The van der Waals surface area contributed by atoms with Crippen molar-refractivity contribution >= 4 is 5.91 Å². The van der Waals surface area contributed by atoms with Crippen molar-refractivity contribution < 1.29 is 4.79 Å². The van der Waals surface area contributed by atoms with E-state index in [2.05, 4.69) is 27.1 Å². The van der Waals surface area contributed by atoms with Gasteiger partial charge in [-0.3, -0.25) is 9.69 Å². The summed E-state index contributed by atoms with van der Waals surface area (Å²) in [4.78, 5) is 20.0. The number of hydrogen-bond acceptors (Lipinski definition) is 4. The van der Waals surface area contributed by atoms with Crippen LogP contribution in [0.15, 0.2) is 0 Å². The van der Waals surface area contributed by atoms with Crippen LogP contribution in [-0.2, 0) is 4.79 Å². The smallest absolute Gasteiger partial charge is 0.239 e. The Morgan fingerprint density at radius 1 is 0.952 bits per heavy atom. The molecule has 0 aromatic carbocycles. The third-order valence-corrected chi connectivity index (χ3v) is 5.39. The van der Waals surface area contributed by atoms with Crippen molar-refractivity contribution in [3.8, 4) is 0 Å². The number of likely N-dealkylation sites (tertiary alicyclic amines) is 1. The highest BCUT2D eigenvalue weighted by Crippen LogP contribution is 2.26. The van der Waals surface area contributed by atoms with Crippen LogP contribution in [0.1, 0.15) is 32.1 Å². The minimum absolute atomic E-state index is 0.163. The topological polar surface area (TPSA) is 38.8 Å². The zero-order valence-electron chi connectivity index (χ0n) is 13.4. The van der Waals surface area contributed by atoms with Crippen molar-refractivity contribution in [3.63, 3.8) is 0 Å². The minimum Gasteiger partial charge on any atom is -0.340 e. The number of amides is 1. The lowest BCUT2D eigenvalue weighted by atomic mass is 10.0. The molecule has 1 unspecified atom stereocenters. The SMILES string of the molecule is CN1CCCN(C(=O)C2CCCN2C2CCNCC2)CC1. The quantitative estimate of drug-likeness (QED) is 0.798. The molecule has 3 heterocycles. The van der Waals surface area contributed by atoms with E-state index in [4.69, 9.17) is 0 Å². The molecule has 0 aromatic rings. The number of hydrogen-bond donors (Lipinski definition) is 1. The summed E-state index contributed by atoms with van der Waals surface area (Å²) in [6.07, 6.45) is 5.77. The Labute approximate surface area is 128 Å². The van der Waals surface area contributed by atoms with E-state index in [1.165, 1.54) is 19.3 Å². The molecule has 5 heteroatoms. The van der Waals surface area contributed by atoms with E-state index in [0.29, 0.717) is 11.9 Å². The van der Waals surface area contributed by atoms with Crippen LogP contribution in [0.3, 0.4) is 0 Å². The molecule has 3 aliphatic rings. The van der Waals surface area contributed by atoms with Crippen LogP contribution in [-0.4, -0.2) is 85.6 Å². The Balaban J connectivity index is 1.62. The fourth-order valence-electron chi connectivity index (χ4n) is 4.11. The monoisotopic (exact) mass is 294 g/mol. The molecule has 120 valence electrons. The zero-order chi connectivity index (χ0) is 14.7. The highest BCUT2D eigenvalue weighted by Gasteiger charge is 2.37. The van der Waals surface area contributed by atoms with Crippen molar-refractivity contribution in [2.24, 2.45) is 0 Å². The fourth-order valence-corrected chi connectivity index (χ4v) is 4.11. The first kappa shape index (κ1) is 15.3. The summed E-state index contributed by atoms with van der Waals surface area (Å²) >= 11 is 0. The van der Waals surface area contributed by atoms with Gasteiger partial charge in [0.1, 0.15) is 0 Å². The lowest BCUT2D eigenvalue weighted by molar-refractivity contribution is -0.136. The number of carbonyl (C=O) groups is 1. The van der Waals surface area contributed by atoms with E-state index in [9.17, 15) is 4.79 Å². The minimum atomic E-state index is 0.163. The van der Waals surface area contributed by atoms with E-state index in [1.807, 2.05) is 0 Å². The van der Waals surface area contributed by atoms with E-state index >= 15 is 0 Å². The van der Waals surface area contributed by atoms with Crippen LogP contribution in [0.5, 0.6) is 0 Å². The summed E-state index contributed by atoms with van der Waals surface area (Å²) in [7, 11) is 2.16. The summed E-state index contributed by atoms with van der Waals surface area (Å²) in [5, 5.41) is 3.43. The zero-order valence-corrected chi connectivity index (χ0v) is 13.4. The average Bonchev–Trinajstić information content (AvgIpc) is 2.90. The first-order chi connectivity index (χ1) is 10.3. The molecule has 3 saturated heterocycles. The lowest BCUT2D eigenvalue weighted by Crippen LogP contribution is -2.52. The number of carbonyl (C=O) groups excluding carboxylic acids is 1. The van der Waals surface area contributed by atoms with Crippen molar-refractivity contribution in [2.75, 3.05) is 52.9 Å². The molecule has 0 aromatic heterocycles. The van der Waals surface area contributed by atoms with E-state index in [1.54, 1.807) is 0 Å². The number of piperidine rings is 1. The van der Waals surface area contributed by atoms with Gasteiger partial charge in [-0.25, -0.2) is 0 Å². The first-order valence-corrected chi connectivity index (χ1v) is 8.69. The van der Waals surface area contributed by atoms with Crippen molar-refractivity contribution in [1.82, 2.24) is 20.0 Å². The van der Waals surface area contributed by atoms with Crippen molar-refractivity contribution in [3.05, 3.63) is 0 Å². The summed E-state index contributed by atoms with van der Waals surface area (Å²) in [5.41, 5.74) is 0. The molecule has 1 amide bonds. The van der Waals surface area contributed by atoms with Gasteiger partial charge in [0.15, 0.2) is 0 Å². The van der Waals surface area contributed by atoms with Gasteiger partial charge in [0, 0.05) is 25.7 Å². The highest BCUT2D eigenvalue weighted by molar-refractivity contribution is 5.82. The predicted molar refractivity (Wildman–Crippen MR) is 84.3 cm³/mol. The second-order valence-corrected chi connectivity index (χ2v) is 6.86. The van der Waals surface area contributed by atoms with Gasteiger partial charge in [-0.15, -0.1) is 0 Å². The Bertz CT molecular complexity index is 356. The second kappa shape index (κ2) is 7.07. The maximum absolute atomic E-state index is 13.0. The van der Waals surface area contributed by atoms with Gasteiger partial charge in [-0.1, -0.05) is 0 Å². The molecule has 0 bridgehead atoms. The van der Waals surface area contributed by atoms with Gasteiger partial charge in [0.25, 0.3) is 0 Å². The molecule has 21 heavy (non-hydrogen) atoms. The Morgan fingerprint density at radius 2 is 1.76 bits per heavy atom. The Kier molecular flexibility index (Phi) is 5.14. The molecule has 1 N–H and O–H groups in total. The predicted octanol–water partition coefficient (Wildman–Crippen LogP) is 0.367. The Hall–Kier alpha value is -0.650. The number of likely N-dealkylation sites (N-methyl/N-ethyl adjacent to an activating group) is 1. The van der Waals surface area contributed by atoms with Gasteiger partial charge >= 0.3 is 0 Å². The van der Waals surface area contributed by atoms with Crippen molar-refractivity contribution in [2.45, 2.75) is 44.2 Å². The maximum atomic E-state index is 13.0. The Morgan fingerprint density at radius 3 is 2.57 bits per heavy atom. The number of rotatable bonds is 2. The van der Waals surface area contributed by atoms with Gasteiger partial charge in [0.2, 0.25) is 5.91 Å². The lowest BCUT2D eigenvalue weighted by Gasteiger charge is -2.37. The standard InChI is InChI=1S/C16H30N4O/c1-18-9-3-10-19(13-12-18)16(21)15-4-2-11-20(15)14-5-7-17-8-6-14/h14-15,17H,2-13H2,1H3. The summed E-state index contributed by atoms with van der Waals surface area (Å²) in [6, 6.07) is 0.786.